The fourth-order valence-electron chi connectivity index (χ4n) is 3.97. The van der Waals surface area contributed by atoms with Crippen molar-refractivity contribution < 1.29 is 13.2 Å². The molecule has 7 heteroatoms. The molecule has 2 fully saturated rings. The van der Waals surface area contributed by atoms with Gasteiger partial charge in [0.05, 0.1) is 18.9 Å². The Hall–Kier alpha value is -0.820. The lowest BCUT2D eigenvalue weighted by Gasteiger charge is -2.37. The van der Waals surface area contributed by atoms with Gasteiger partial charge in [-0.2, -0.15) is 4.31 Å². The standard InChI is InChI=1S/C18H28N2O3S.ClH/c1-23-18-10-6-5-9-16(18)17-13-19-11-12-20(17)24(21,22)14-15-7-3-2-4-8-15;/h5-6,9-10,15,17,19H,2-4,7-8,11-14H2,1H3;1H. The molecule has 0 aromatic heterocycles. The molecule has 2 aliphatic rings. The van der Waals surface area contributed by atoms with E-state index in [1.165, 1.54) is 6.42 Å². The molecule has 1 aromatic rings. The van der Waals surface area contributed by atoms with Gasteiger partial charge < -0.3 is 10.1 Å². The van der Waals surface area contributed by atoms with Gasteiger partial charge in [0.25, 0.3) is 0 Å². The van der Waals surface area contributed by atoms with Gasteiger partial charge in [0.15, 0.2) is 0 Å². The number of methoxy groups -OCH3 is 1. The van der Waals surface area contributed by atoms with Crippen LogP contribution in [-0.4, -0.2) is 45.2 Å². The average molecular weight is 389 g/mol. The normalized spacial score (nSPS) is 23.0. The van der Waals surface area contributed by atoms with Gasteiger partial charge in [0.2, 0.25) is 10.0 Å². The molecule has 1 aliphatic heterocycles. The first kappa shape index (κ1) is 20.5. The van der Waals surface area contributed by atoms with Crippen molar-refractivity contribution in [3.63, 3.8) is 0 Å². The van der Waals surface area contributed by atoms with Gasteiger partial charge >= 0.3 is 0 Å². The van der Waals surface area contributed by atoms with E-state index in [1.54, 1.807) is 11.4 Å². The average Bonchev–Trinajstić information content (AvgIpc) is 2.62. The second kappa shape index (κ2) is 9.21. The number of nitrogens with one attached hydrogen (secondary N) is 1. The first-order chi connectivity index (χ1) is 11.6. The van der Waals surface area contributed by atoms with Crippen LogP contribution in [0.4, 0.5) is 0 Å². The highest BCUT2D eigenvalue weighted by Gasteiger charge is 2.36. The summed E-state index contributed by atoms with van der Waals surface area (Å²) in [5, 5.41) is 3.33. The summed E-state index contributed by atoms with van der Waals surface area (Å²) in [5.74, 6) is 1.36. The topological polar surface area (TPSA) is 58.6 Å². The number of para-hydroxylation sites is 1. The molecule has 1 aromatic carbocycles. The van der Waals surface area contributed by atoms with Crippen molar-refractivity contribution in [2.75, 3.05) is 32.5 Å². The SMILES string of the molecule is COc1ccccc1C1CNCCN1S(=O)(=O)CC1CCCCC1.Cl. The maximum Gasteiger partial charge on any atom is 0.215 e. The largest absolute Gasteiger partial charge is 0.496 e. The fourth-order valence-corrected chi connectivity index (χ4v) is 6.04. The molecule has 1 saturated carbocycles. The van der Waals surface area contributed by atoms with Crippen LogP contribution in [0.5, 0.6) is 5.75 Å². The summed E-state index contributed by atoms with van der Waals surface area (Å²) in [5.41, 5.74) is 0.944. The molecular formula is C18H29ClN2O3S. The second-order valence-electron chi connectivity index (χ2n) is 6.86. The summed E-state index contributed by atoms with van der Waals surface area (Å²) in [6, 6.07) is 7.54. The van der Waals surface area contributed by atoms with E-state index in [1.807, 2.05) is 24.3 Å². The summed E-state index contributed by atoms with van der Waals surface area (Å²) in [4.78, 5) is 0. The number of hydrogen-bond donors (Lipinski definition) is 1. The molecule has 25 heavy (non-hydrogen) atoms. The molecule has 1 aliphatic carbocycles. The summed E-state index contributed by atoms with van der Waals surface area (Å²) in [7, 11) is -1.63. The Bertz CT molecular complexity index is 647. The van der Waals surface area contributed by atoms with Crippen LogP contribution < -0.4 is 10.1 Å². The minimum atomic E-state index is -3.27. The Morgan fingerprint density at radius 1 is 1.20 bits per heavy atom. The first-order valence-electron chi connectivity index (χ1n) is 8.95. The smallest absolute Gasteiger partial charge is 0.215 e. The maximum absolute atomic E-state index is 13.1. The fraction of sp³-hybridized carbons (Fsp3) is 0.667. The molecule has 1 saturated heterocycles. The van der Waals surface area contributed by atoms with Crippen LogP contribution in [-0.2, 0) is 10.0 Å². The lowest BCUT2D eigenvalue weighted by Crippen LogP contribution is -2.50. The number of benzene rings is 1. The van der Waals surface area contributed by atoms with Gasteiger partial charge in [-0.1, -0.05) is 37.5 Å². The molecule has 3 rings (SSSR count). The highest BCUT2D eigenvalue weighted by Crippen LogP contribution is 2.33. The third-order valence-corrected chi connectivity index (χ3v) is 7.26. The third kappa shape index (κ3) is 4.88. The molecule has 5 nitrogen and oxygen atoms in total. The van der Waals surface area contributed by atoms with E-state index >= 15 is 0 Å². The quantitative estimate of drug-likeness (QED) is 0.842. The van der Waals surface area contributed by atoms with Gasteiger partial charge in [-0.05, 0) is 24.8 Å². The summed E-state index contributed by atoms with van der Waals surface area (Å²) in [6.07, 6.45) is 5.67. The summed E-state index contributed by atoms with van der Waals surface area (Å²) in [6.45, 7) is 1.86. The predicted octanol–water partition coefficient (Wildman–Crippen LogP) is 2.97. The van der Waals surface area contributed by atoms with Crippen LogP contribution >= 0.6 is 12.4 Å². The van der Waals surface area contributed by atoms with E-state index in [-0.39, 0.29) is 18.4 Å². The highest BCUT2D eigenvalue weighted by atomic mass is 35.5. The van der Waals surface area contributed by atoms with E-state index in [2.05, 4.69) is 5.32 Å². The van der Waals surface area contributed by atoms with Crippen LogP contribution in [0.2, 0.25) is 0 Å². The zero-order valence-electron chi connectivity index (χ0n) is 14.8. The Balaban J connectivity index is 0.00000225. The molecule has 1 atom stereocenters. The van der Waals surface area contributed by atoms with Crippen molar-refractivity contribution in [3.8, 4) is 5.75 Å². The maximum atomic E-state index is 13.1. The van der Waals surface area contributed by atoms with Crippen LogP contribution in [0.3, 0.4) is 0 Å². The monoisotopic (exact) mass is 388 g/mol. The molecule has 0 spiro atoms. The molecule has 0 bridgehead atoms. The van der Waals surface area contributed by atoms with E-state index in [0.717, 1.165) is 37.0 Å². The minimum Gasteiger partial charge on any atom is -0.496 e. The number of ether oxygens (including phenoxy) is 1. The summed E-state index contributed by atoms with van der Waals surface area (Å²) < 4.78 is 33.4. The molecule has 0 amide bonds. The number of hydrogen-bond acceptors (Lipinski definition) is 4. The van der Waals surface area contributed by atoms with Gasteiger partial charge in [-0.25, -0.2) is 8.42 Å². The lowest BCUT2D eigenvalue weighted by atomic mass is 9.91. The molecule has 1 heterocycles. The van der Waals surface area contributed by atoms with Crippen molar-refractivity contribution in [1.29, 1.82) is 0 Å². The second-order valence-corrected chi connectivity index (χ2v) is 8.82. The van der Waals surface area contributed by atoms with Crippen molar-refractivity contribution in [1.82, 2.24) is 9.62 Å². The van der Waals surface area contributed by atoms with Gasteiger partial charge in [0.1, 0.15) is 5.75 Å². The van der Waals surface area contributed by atoms with E-state index in [9.17, 15) is 8.42 Å². The number of sulfonamides is 1. The minimum absolute atomic E-state index is 0. The van der Waals surface area contributed by atoms with E-state index in [4.69, 9.17) is 4.74 Å². The van der Waals surface area contributed by atoms with E-state index < -0.39 is 10.0 Å². The third-order valence-electron chi connectivity index (χ3n) is 5.22. The van der Waals surface area contributed by atoms with Crippen molar-refractivity contribution in [3.05, 3.63) is 29.8 Å². The number of halogens is 1. The molecule has 0 radical (unpaired) electrons. The number of rotatable bonds is 5. The Morgan fingerprint density at radius 3 is 2.64 bits per heavy atom. The van der Waals surface area contributed by atoms with Gasteiger partial charge in [-0.15, -0.1) is 12.4 Å². The zero-order chi connectivity index (χ0) is 17.0. The lowest BCUT2D eigenvalue weighted by molar-refractivity contribution is 0.261. The van der Waals surface area contributed by atoms with Crippen LogP contribution in [0, 0.1) is 5.92 Å². The zero-order valence-corrected chi connectivity index (χ0v) is 16.4. The predicted molar refractivity (Wildman–Crippen MR) is 103 cm³/mol. The van der Waals surface area contributed by atoms with Crippen LogP contribution in [0.1, 0.15) is 43.7 Å². The number of nitrogens with zero attached hydrogens (tertiary/aromatic N) is 1. The van der Waals surface area contributed by atoms with Gasteiger partial charge in [-0.3, -0.25) is 0 Å². The van der Waals surface area contributed by atoms with Gasteiger partial charge in [0, 0.05) is 25.2 Å². The molecular weight excluding hydrogens is 360 g/mol. The van der Waals surface area contributed by atoms with E-state index in [0.29, 0.717) is 31.3 Å². The Morgan fingerprint density at radius 2 is 1.92 bits per heavy atom. The summed E-state index contributed by atoms with van der Waals surface area (Å²) >= 11 is 0. The number of piperazine rings is 1. The molecule has 1 unspecified atom stereocenters. The Labute approximate surface area is 157 Å². The van der Waals surface area contributed by atoms with Crippen LogP contribution in [0.15, 0.2) is 24.3 Å². The van der Waals surface area contributed by atoms with Crippen molar-refractivity contribution in [2.24, 2.45) is 5.92 Å². The molecule has 1 N–H and O–H groups in total. The first-order valence-corrected chi connectivity index (χ1v) is 10.6. The Kier molecular flexibility index (Phi) is 7.55. The van der Waals surface area contributed by atoms with Crippen LogP contribution in [0.25, 0.3) is 0 Å². The van der Waals surface area contributed by atoms with Crippen molar-refractivity contribution in [2.45, 2.75) is 38.1 Å². The molecule has 142 valence electrons. The van der Waals surface area contributed by atoms with Crippen molar-refractivity contribution >= 4 is 22.4 Å². The highest BCUT2D eigenvalue weighted by molar-refractivity contribution is 7.89.